The molecule has 0 saturated carbocycles. The minimum Gasteiger partial charge on any atom is -0.481 e. The highest BCUT2D eigenvalue weighted by molar-refractivity contribution is 5.84. The number of urea groups is 1. The van der Waals surface area contributed by atoms with Crippen LogP contribution in [0, 0.1) is 5.92 Å². The maximum Gasteiger partial charge on any atom is 0.315 e. The highest BCUT2D eigenvalue weighted by Gasteiger charge is 2.34. The molecule has 0 aliphatic carbocycles. The molecule has 96 valence electrons. The molecular formula is C9H15N3O5. The van der Waals surface area contributed by atoms with Gasteiger partial charge in [0.05, 0.1) is 25.8 Å². The van der Waals surface area contributed by atoms with Gasteiger partial charge in [-0.05, 0) is 0 Å². The van der Waals surface area contributed by atoms with Gasteiger partial charge in [-0.2, -0.15) is 0 Å². The summed E-state index contributed by atoms with van der Waals surface area (Å²) >= 11 is 0. The number of likely N-dealkylation sites (N-methyl/N-ethyl adjacent to an activating group) is 1. The molecular weight excluding hydrogens is 230 g/mol. The van der Waals surface area contributed by atoms with Gasteiger partial charge >= 0.3 is 12.0 Å². The third-order valence-electron chi connectivity index (χ3n) is 2.40. The van der Waals surface area contributed by atoms with Crippen LogP contribution in [0.3, 0.4) is 0 Å². The van der Waals surface area contributed by atoms with Crippen molar-refractivity contribution in [3.05, 3.63) is 0 Å². The lowest BCUT2D eigenvalue weighted by Gasteiger charge is -2.15. The lowest BCUT2D eigenvalue weighted by Crippen LogP contribution is -2.49. The molecule has 0 aromatic heterocycles. The Balaban J connectivity index is 2.35. The van der Waals surface area contributed by atoms with Crippen LogP contribution in [0.2, 0.25) is 0 Å². The maximum atomic E-state index is 11.3. The summed E-state index contributed by atoms with van der Waals surface area (Å²) in [6.07, 6.45) is 0. The van der Waals surface area contributed by atoms with E-state index < -0.39 is 24.0 Å². The summed E-state index contributed by atoms with van der Waals surface area (Å²) in [6.45, 7) is 0.0771. The van der Waals surface area contributed by atoms with E-state index in [0.29, 0.717) is 0 Å². The van der Waals surface area contributed by atoms with Crippen molar-refractivity contribution >= 4 is 17.9 Å². The fraction of sp³-hybridized carbons (Fsp3) is 0.667. The number of aliphatic carboxylic acids is 1. The van der Waals surface area contributed by atoms with E-state index in [0.717, 1.165) is 0 Å². The van der Waals surface area contributed by atoms with Crippen LogP contribution in [0.15, 0.2) is 0 Å². The van der Waals surface area contributed by atoms with Crippen LogP contribution in [-0.4, -0.2) is 55.9 Å². The molecule has 1 aliphatic rings. The van der Waals surface area contributed by atoms with Crippen LogP contribution < -0.4 is 16.0 Å². The Morgan fingerprint density at radius 3 is 2.65 bits per heavy atom. The number of amides is 3. The molecule has 1 heterocycles. The van der Waals surface area contributed by atoms with E-state index in [1.54, 1.807) is 0 Å². The third-order valence-corrected chi connectivity index (χ3v) is 2.40. The molecule has 8 heteroatoms. The molecule has 2 unspecified atom stereocenters. The number of carboxylic acids is 1. The van der Waals surface area contributed by atoms with E-state index in [2.05, 4.69) is 16.0 Å². The Kier molecular flexibility index (Phi) is 4.70. The average Bonchev–Trinajstić information content (AvgIpc) is 2.74. The summed E-state index contributed by atoms with van der Waals surface area (Å²) in [5.74, 6) is -2.10. The van der Waals surface area contributed by atoms with Gasteiger partial charge in [-0.15, -0.1) is 0 Å². The Hall–Kier alpha value is -1.83. The molecule has 0 radical (unpaired) electrons. The van der Waals surface area contributed by atoms with Crippen molar-refractivity contribution in [2.45, 2.75) is 6.04 Å². The minimum atomic E-state index is -1.01. The second-order valence-electron chi connectivity index (χ2n) is 3.59. The topological polar surface area (TPSA) is 117 Å². The first-order valence-corrected chi connectivity index (χ1v) is 5.10. The summed E-state index contributed by atoms with van der Waals surface area (Å²) in [6, 6.07) is -1.16. The van der Waals surface area contributed by atoms with Crippen molar-refractivity contribution in [2.75, 3.05) is 26.8 Å². The highest BCUT2D eigenvalue weighted by Crippen LogP contribution is 2.13. The molecule has 0 aromatic rings. The number of hydrogen-bond acceptors (Lipinski definition) is 4. The van der Waals surface area contributed by atoms with Crippen LogP contribution >= 0.6 is 0 Å². The number of nitrogens with one attached hydrogen (secondary N) is 3. The van der Waals surface area contributed by atoms with Crippen LogP contribution in [-0.2, 0) is 14.3 Å². The van der Waals surface area contributed by atoms with E-state index in [4.69, 9.17) is 9.84 Å². The zero-order valence-electron chi connectivity index (χ0n) is 9.36. The number of carbonyl (C=O) groups is 3. The molecule has 4 N–H and O–H groups in total. The van der Waals surface area contributed by atoms with Gasteiger partial charge in [0.1, 0.15) is 5.92 Å². The lowest BCUT2D eigenvalue weighted by molar-refractivity contribution is -0.142. The van der Waals surface area contributed by atoms with Crippen molar-refractivity contribution in [1.29, 1.82) is 0 Å². The molecule has 3 amide bonds. The summed E-state index contributed by atoms with van der Waals surface area (Å²) in [5.41, 5.74) is 0. The summed E-state index contributed by atoms with van der Waals surface area (Å²) in [5, 5.41) is 15.9. The van der Waals surface area contributed by atoms with Gasteiger partial charge in [-0.25, -0.2) is 4.79 Å². The van der Waals surface area contributed by atoms with E-state index >= 15 is 0 Å². The van der Waals surface area contributed by atoms with Gasteiger partial charge in [0.25, 0.3) is 0 Å². The van der Waals surface area contributed by atoms with Gasteiger partial charge in [0.15, 0.2) is 0 Å². The van der Waals surface area contributed by atoms with Gasteiger partial charge in [-0.3, -0.25) is 9.59 Å². The van der Waals surface area contributed by atoms with Gasteiger partial charge in [0.2, 0.25) is 5.91 Å². The quantitative estimate of drug-likeness (QED) is 0.463. The Morgan fingerprint density at radius 2 is 2.06 bits per heavy atom. The van der Waals surface area contributed by atoms with Crippen LogP contribution in [0.25, 0.3) is 0 Å². The van der Waals surface area contributed by atoms with Crippen molar-refractivity contribution in [3.8, 4) is 0 Å². The predicted octanol–water partition coefficient (Wildman–Crippen LogP) is -1.87. The molecule has 0 spiro atoms. The second kappa shape index (κ2) is 6.04. The molecule has 0 bridgehead atoms. The molecule has 2 atom stereocenters. The summed E-state index contributed by atoms with van der Waals surface area (Å²) in [7, 11) is 1.45. The van der Waals surface area contributed by atoms with E-state index in [1.807, 2.05) is 0 Å². The van der Waals surface area contributed by atoms with Crippen molar-refractivity contribution in [1.82, 2.24) is 16.0 Å². The smallest absolute Gasteiger partial charge is 0.315 e. The zero-order valence-corrected chi connectivity index (χ0v) is 9.36. The molecule has 0 aromatic carbocycles. The van der Waals surface area contributed by atoms with Gasteiger partial charge < -0.3 is 25.8 Å². The number of rotatable bonds is 4. The fourth-order valence-corrected chi connectivity index (χ4v) is 1.41. The standard InChI is InChI=1S/C9H15N3O5/c1-10-7(13)2-11-9(16)12-6-4-17-3-5(6)8(14)15/h5-6H,2-4H2,1H3,(H,10,13)(H,14,15)(H2,11,12,16). The first-order valence-electron chi connectivity index (χ1n) is 5.10. The predicted molar refractivity (Wildman–Crippen MR) is 56.3 cm³/mol. The monoisotopic (exact) mass is 245 g/mol. The van der Waals surface area contributed by atoms with Crippen LogP contribution in [0.1, 0.15) is 0 Å². The van der Waals surface area contributed by atoms with E-state index in [1.165, 1.54) is 7.05 Å². The van der Waals surface area contributed by atoms with Gasteiger partial charge in [-0.1, -0.05) is 0 Å². The molecule has 1 fully saturated rings. The number of hydrogen-bond donors (Lipinski definition) is 4. The first-order chi connectivity index (χ1) is 8.04. The zero-order chi connectivity index (χ0) is 12.8. The Bertz CT molecular complexity index is 320. The van der Waals surface area contributed by atoms with E-state index in [9.17, 15) is 14.4 Å². The SMILES string of the molecule is CNC(=O)CNC(=O)NC1COCC1C(=O)O. The summed E-state index contributed by atoms with van der Waals surface area (Å²) < 4.78 is 4.98. The van der Waals surface area contributed by atoms with Crippen molar-refractivity contribution in [2.24, 2.45) is 5.92 Å². The minimum absolute atomic E-state index is 0.0791. The van der Waals surface area contributed by atoms with Crippen molar-refractivity contribution in [3.63, 3.8) is 0 Å². The third kappa shape index (κ3) is 3.91. The average molecular weight is 245 g/mol. The van der Waals surface area contributed by atoms with Crippen LogP contribution in [0.5, 0.6) is 0 Å². The fourth-order valence-electron chi connectivity index (χ4n) is 1.41. The van der Waals surface area contributed by atoms with Gasteiger partial charge in [0, 0.05) is 7.05 Å². The molecule has 8 nitrogen and oxygen atoms in total. The largest absolute Gasteiger partial charge is 0.481 e. The summed E-state index contributed by atoms with van der Waals surface area (Å²) in [4.78, 5) is 33.0. The number of ether oxygens (including phenoxy) is 1. The number of carbonyl (C=O) groups excluding carboxylic acids is 2. The van der Waals surface area contributed by atoms with Crippen LogP contribution in [0.4, 0.5) is 4.79 Å². The molecule has 17 heavy (non-hydrogen) atoms. The highest BCUT2D eigenvalue weighted by atomic mass is 16.5. The Labute approximate surface area is 97.7 Å². The molecule has 1 rings (SSSR count). The first kappa shape index (κ1) is 13.2. The molecule has 1 saturated heterocycles. The Morgan fingerprint density at radius 1 is 1.35 bits per heavy atom. The second-order valence-corrected chi connectivity index (χ2v) is 3.59. The lowest BCUT2D eigenvalue weighted by atomic mass is 10.0. The normalized spacial score (nSPS) is 22.9. The molecule has 1 aliphatic heterocycles. The number of carboxylic acid groups (broad SMARTS) is 1. The maximum absolute atomic E-state index is 11.3. The van der Waals surface area contributed by atoms with Crippen molar-refractivity contribution < 1.29 is 24.2 Å². The van der Waals surface area contributed by atoms with E-state index in [-0.39, 0.29) is 25.7 Å².